The second kappa shape index (κ2) is 6.48. The lowest BCUT2D eigenvalue weighted by molar-refractivity contribution is -0.142. The fourth-order valence-corrected chi connectivity index (χ4v) is 2.82. The molecule has 2 rings (SSSR count). The van der Waals surface area contributed by atoms with Crippen molar-refractivity contribution in [3.63, 3.8) is 0 Å². The summed E-state index contributed by atoms with van der Waals surface area (Å²) in [6, 6.07) is -0.259. The lowest BCUT2D eigenvalue weighted by Gasteiger charge is -2.41. The number of nitrogens with zero attached hydrogens (tertiary/aromatic N) is 3. The second-order valence-corrected chi connectivity index (χ2v) is 6.07. The second-order valence-electron chi connectivity index (χ2n) is 6.07. The van der Waals surface area contributed by atoms with Crippen LogP contribution in [-0.2, 0) is 16.0 Å². The van der Waals surface area contributed by atoms with E-state index in [1.165, 1.54) is 0 Å². The van der Waals surface area contributed by atoms with Gasteiger partial charge in [-0.15, -0.1) is 0 Å². The summed E-state index contributed by atoms with van der Waals surface area (Å²) in [4.78, 5) is 28.1. The summed E-state index contributed by atoms with van der Waals surface area (Å²) in [6.45, 7) is 9.47. The molecule has 22 heavy (non-hydrogen) atoms. The molecule has 1 unspecified atom stereocenters. The average Bonchev–Trinajstić information content (AvgIpc) is 2.78. The van der Waals surface area contributed by atoms with E-state index in [0.717, 1.165) is 12.1 Å². The van der Waals surface area contributed by atoms with E-state index in [0.29, 0.717) is 30.6 Å². The highest BCUT2D eigenvalue weighted by Crippen LogP contribution is 2.18. The number of amides is 2. The van der Waals surface area contributed by atoms with Gasteiger partial charge in [0.1, 0.15) is 11.8 Å². The Morgan fingerprint density at radius 3 is 2.55 bits per heavy atom. The zero-order chi connectivity index (χ0) is 16.4. The first-order valence-corrected chi connectivity index (χ1v) is 7.55. The molecule has 1 atom stereocenters. The number of aryl methyl sites for hydroxylation is 2. The third-order valence-electron chi connectivity index (χ3n) is 4.30. The van der Waals surface area contributed by atoms with Crippen LogP contribution in [0.5, 0.6) is 0 Å². The number of nitrogens with two attached hydrogens (primary N) is 1. The van der Waals surface area contributed by atoms with Crippen LogP contribution in [0.1, 0.15) is 30.9 Å². The molecule has 1 aromatic rings. The van der Waals surface area contributed by atoms with Gasteiger partial charge < -0.3 is 15.2 Å². The van der Waals surface area contributed by atoms with Crippen LogP contribution < -0.4 is 5.73 Å². The van der Waals surface area contributed by atoms with Gasteiger partial charge >= 0.3 is 0 Å². The Kier molecular flexibility index (Phi) is 4.85. The summed E-state index contributed by atoms with van der Waals surface area (Å²) in [5, 5.41) is 3.86. The molecule has 7 heteroatoms. The molecule has 2 amide bonds. The fourth-order valence-electron chi connectivity index (χ4n) is 2.82. The number of aromatic nitrogens is 1. The highest BCUT2D eigenvalue weighted by molar-refractivity contribution is 5.88. The number of rotatable bonds is 4. The molecule has 2 heterocycles. The van der Waals surface area contributed by atoms with E-state index in [9.17, 15) is 9.59 Å². The van der Waals surface area contributed by atoms with Gasteiger partial charge in [-0.1, -0.05) is 5.16 Å². The van der Waals surface area contributed by atoms with Crippen LogP contribution in [0.3, 0.4) is 0 Å². The predicted molar refractivity (Wildman–Crippen MR) is 81.1 cm³/mol. The van der Waals surface area contributed by atoms with Gasteiger partial charge in [0.15, 0.2) is 0 Å². The van der Waals surface area contributed by atoms with Gasteiger partial charge in [-0.2, -0.15) is 0 Å². The Balaban J connectivity index is 2.12. The van der Waals surface area contributed by atoms with Gasteiger partial charge in [-0.3, -0.25) is 14.5 Å². The third-order valence-corrected chi connectivity index (χ3v) is 4.30. The maximum Gasteiger partial charge on any atom is 0.241 e. The lowest BCUT2D eigenvalue weighted by atomic mass is 10.1. The van der Waals surface area contributed by atoms with Gasteiger partial charge in [-0.05, 0) is 27.7 Å². The van der Waals surface area contributed by atoms with Crippen molar-refractivity contribution in [3.05, 3.63) is 17.0 Å². The number of hydrogen-bond donors (Lipinski definition) is 1. The van der Waals surface area contributed by atoms with E-state index < -0.39 is 11.9 Å². The Bertz CT molecular complexity index is 548. The Morgan fingerprint density at radius 2 is 2.05 bits per heavy atom. The fraction of sp³-hybridized carbons (Fsp3) is 0.667. The van der Waals surface area contributed by atoms with Gasteiger partial charge in [-0.25, -0.2) is 0 Å². The SMILES string of the molecule is Cc1noc(C)c1CC(=O)N1CCN(C(C)C)CC1C(N)=O. The topological polar surface area (TPSA) is 92.7 Å². The molecule has 0 saturated carbocycles. The van der Waals surface area contributed by atoms with Gasteiger partial charge in [0.25, 0.3) is 0 Å². The van der Waals surface area contributed by atoms with E-state index in [1.54, 1.807) is 18.7 Å². The van der Waals surface area contributed by atoms with E-state index >= 15 is 0 Å². The minimum Gasteiger partial charge on any atom is -0.368 e. The standard InChI is InChI=1S/C15H24N4O3/c1-9(2)18-5-6-19(13(8-18)15(16)21)14(20)7-12-10(3)17-22-11(12)4/h9,13H,5-8H2,1-4H3,(H2,16,21). The summed E-state index contributed by atoms with van der Waals surface area (Å²) >= 11 is 0. The molecular weight excluding hydrogens is 284 g/mol. The maximum atomic E-state index is 12.6. The monoisotopic (exact) mass is 308 g/mol. The first-order chi connectivity index (χ1) is 10.3. The van der Waals surface area contributed by atoms with Crippen LogP contribution in [0.15, 0.2) is 4.52 Å². The lowest BCUT2D eigenvalue weighted by Crippen LogP contribution is -2.61. The molecule has 0 aliphatic carbocycles. The molecule has 0 bridgehead atoms. The smallest absolute Gasteiger partial charge is 0.241 e. The number of carbonyl (C=O) groups is 2. The van der Waals surface area contributed by atoms with Crippen molar-refractivity contribution >= 4 is 11.8 Å². The van der Waals surface area contributed by atoms with E-state index in [2.05, 4.69) is 23.9 Å². The van der Waals surface area contributed by atoms with Crippen molar-refractivity contribution in [3.8, 4) is 0 Å². The Morgan fingerprint density at radius 1 is 1.36 bits per heavy atom. The Hall–Kier alpha value is -1.89. The molecule has 1 aliphatic rings. The quantitative estimate of drug-likeness (QED) is 0.860. The third kappa shape index (κ3) is 3.30. The maximum absolute atomic E-state index is 12.6. The molecule has 2 N–H and O–H groups in total. The summed E-state index contributed by atoms with van der Waals surface area (Å²) in [7, 11) is 0. The molecule has 1 fully saturated rings. The van der Waals surface area contributed by atoms with Crippen LogP contribution in [0.4, 0.5) is 0 Å². The molecule has 122 valence electrons. The van der Waals surface area contributed by atoms with Crippen molar-refractivity contribution in [1.82, 2.24) is 15.0 Å². The van der Waals surface area contributed by atoms with Crippen molar-refractivity contribution in [2.75, 3.05) is 19.6 Å². The largest absolute Gasteiger partial charge is 0.368 e. The molecule has 0 spiro atoms. The number of piperazine rings is 1. The molecule has 0 radical (unpaired) electrons. The summed E-state index contributed by atoms with van der Waals surface area (Å²) < 4.78 is 5.09. The average molecular weight is 308 g/mol. The van der Waals surface area contributed by atoms with Gasteiger partial charge in [0.2, 0.25) is 11.8 Å². The van der Waals surface area contributed by atoms with Crippen molar-refractivity contribution in [2.24, 2.45) is 5.73 Å². The molecule has 7 nitrogen and oxygen atoms in total. The minimum absolute atomic E-state index is 0.110. The Labute approximate surface area is 130 Å². The van der Waals surface area contributed by atoms with Crippen LogP contribution in [0.25, 0.3) is 0 Å². The summed E-state index contributed by atoms with van der Waals surface area (Å²) in [5.74, 6) is 0.0707. The van der Waals surface area contributed by atoms with Gasteiger partial charge in [0, 0.05) is 31.2 Å². The van der Waals surface area contributed by atoms with E-state index in [-0.39, 0.29) is 12.3 Å². The molecule has 1 aromatic heterocycles. The highest BCUT2D eigenvalue weighted by Gasteiger charge is 2.35. The summed E-state index contributed by atoms with van der Waals surface area (Å²) in [5.41, 5.74) is 7.00. The molecule has 0 aromatic carbocycles. The minimum atomic E-state index is -0.580. The first-order valence-electron chi connectivity index (χ1n) is 7.55. The van der Waals surface area contributed by atoms with Crippen molar-refractivity contribution < 1.29 is 14.1 Å². The highest BCUT2D eigenvalue weighted by atomic mass is 16.5. The zero-order valence-corrected chi connectivity index (χ0v) is 13.6. The molecule has 1 aliphatic heterocycles. The molecule has 1 saturated heterocycles. The number of primary amides is 1. The van der Waals surface area contributed by atoms with Crippen LogP contribution in [-0.4, -0.2) is 58.5 Å². The van der Waals surface area contributed by atoms with Gasteiger partial charge in [0.05, 0.1) is 12.1 Å². The number of hydrogen-bond acceptors (Lipinski definition) is 5. The first kappa shape index (κ1) is 16.5. The number of carbonyl (C=O) groups excluding carboxylic acids is 2. The van der Waals surface area contributed by atoms with E-state index in [4.69, 9.17) is 10.3 Å². The predicted octanol–water partition coefficient (Wildman–Crippen LogP) is 0.240. The van der Waals surface area contributed by atoms with Crippen molar-refractivity contribution in [2.45, 2.75) is 46.2 Å². The van der Waals surface area contributed by atoms with E-state index in [1.807, 2.05) is 0 Å². The van der Waals surface area contributed by atoms with Crippen LogP contribution >= 0.6 is 0 Å². The molecular formula is C15H24N4O3. The summed E-state index contributed by atoms with van der Waals surface area (Å²) in [6.07, 6.45) is 0.187. The van der Waals surface area contributed by atoms with Crippen LogP contribution in [0, 0.1) is 13.8 Å². The van der Waals surface area contributed by atoms with Crippen LogP contribution in [0.2, 0.25) is 0 Å². The zero-order valence-electron chi connectivity index (χ0n) is 13.6. The van der Waals surface area contributed by atoms with Crippen molar-refractivity contribution in [1.29, 1.82) is 0 Å². The normalized spacial score (nSPS) is 19.7.